The van der Waals surface area contributed by atoms with Gasteiger partial charge >= 0.3 is 7.60 Å². The van der Waals surface area contributed by atoms with Gasteiger partial charge in [-0.3, -0.25) is 4.57 Å². The van der Waals surface area contributed by atoms with E-state index in [1.165, 1.54) is 7.11 Å². The van der Waals surface area contributed by atoms with Gasteiger partial charge in [0.15, 0.2) is 0 Å². The Morgan fingerprint density at radius 3 is 2.33 bits per heavy atom. The van der Waals surface area contributed by atoms with Crippen LogP contribution < -0.4 is 5.30 Å². The lowest BCUT2D eigenvalue weighted by Crippen LogP contribution is -2.09. The van der Waals surface area contributed by atoms with E-state index >= 15 is 0 Å². The van der Waals surface area contributed by atoms with Crippen molar-refractivity contribution >= 4 is 12.9 Å². The van der Waals surface area contributed by atoms with Crippen LogP contribution in [0.4, 0.5) is 0 Å². The van der Waals surface area contributed by atoms with Gasteiger partial charge in [-0.05, 0) is 24.6 Å². The van der Waals surface area contributed by atoms with Gasteiger partial charge < -0.3 is 14.2 Å². The van der Waals surface area contributed by atoms with Crippen LogP contribution in [0.3, 0.4) is 0 Å². The van der Waals surface area contributed by atoms with E-state index in [1.54, 1.807) is 31.2 Å². The van der Waals surface area contributed by atoms with Gasteiger partial charge in [-0.25, -0.2) is 0 Å². The fourth-order valence-electron chi connectivity index (χ4n) is 1.19. The molecular weight excluding hydrogens is 215 g/mol. The minimum atomic E-state index is -3.16. The minimum absolute atomic E-state index is 0.0355. The van der Waals surface area contributed by atoms with Gasteiger partial charge in [0.05, 0.1) is 18.5 Å². The highest BCUT2D eigenvalue weighted by Gasteiger charge is 2.24. The summed E-state index contributed by atoms with van der Waals surface area (Å²) in [7, 11) is -1.81. The summed E-state index contributed by atoms with van der Waals surface area (Å²) in [5.41, 5.74) is 0.762. The summed E-state index contributed by atoms with van der Waals surface area (Å²) in [5, 5.41) is 9.36. The maximum atomic E-state index is 12.1. The number of benzene rings is 1. The van der Waals surface area contributed by atoms with E-state index < -0.39 is 7.60 Å². The molecule has 15 heavy (non-hydrogen) atoms. The highest BCUT2D eigenvalue weighted by Crippen LogP contribution is 2.45. The van der Waals surface area contributed by atoms with Gasteiger partial charge in [0, 0.05) is 7.11 Å². The number of rotatable bonds is 5. The van der Waals surface area contributed by atoms with Gasteiger partial charge in [0.2, 0.25) is 0 Å². The van der Waals surface area contributed by atoms with Gasteiger partial charge in [-0.2, -0.15) is 0 Å². The van der Waals surface area contributed by atoms with E-state index in [0.29, 0.717) is 11.9 Å². The van der Waals surface area contributed by atoms with Crippen LogP contribution in [-0.2, 0) is 20.2 Å². The Bertz CT molecular complexity index is 347. The first-order chi connectivity index (χ1) is 7.16. The molecule has 0 aromatic heterocycles. The second-order valence-corrected chi connectivity index (χ2v) is 5.06. The fraction of sp³-hybridized carbons (Fsp3) is 0.400. The summed E-state index contributed by atoms with van der Waals surface area (Å²) in [6, 6.07) is 6.68. The van der Waals surface area contributed by atoms with Crippen LogP contribution in [0.25, 0.3) is 0 Å². The number of hydrogen-bond donors (Lipinski definition) is 1. The van der Waals surface area contributed by atoms with E-state index in [1.807, 2.05) is 0 Å². The Kier molecular flexibility index (Phi) is 4.48. The molecule has 1 rings (SSSR count). The third-order valence-corrected chi connectivity index (χ3v) is 3.98. The fourth-order valence-corrected chi connectivity index (χ4v) is 2.51. The van der Waals surface area contributed by atoms with Crippen molar-refractivity contribution in [2.24, 2.45) is 0 Å². The van der Waals surface area contributed by atoms with Crippen molar-refractivity contribution in [1.82, 2.24) is 0 Å². The van der Waals surface area contributed by atoms with E-state index in [2.05, 4.69) is 0 Å². The average molecular weight is 230 g/mol. The Morgan fingerprint density at radius 1 is 1.33 bits per heavy atom. The zero-order valence-corrected chi connectivity index (χ0v) is 9.74. The summed E-state index contributed by atoms with van der Waals surface area (Å²) in [6.45, 7) is 2.05. The molecule has 0 heterocycles. The van der Waals surface area contributed by atoms with Crippen molar-refractivity contribution in [1.29, 1.82) is 0 Å². The molecule has 0 aliphatic rings. The van der Waals surface area contributed by atoms with Crippen LogP contribution in [0.2, 0.25) is 0 Å². The zero-order chi connectivity index (χ0) is 11.3. The Hall–Kier alpha value is -0.670. The second kappa shape index (κ2) is 5.42. The van der Waals surface area contributed by atoms with Crippen molar-refractivity contribution in [2.45, 2.75) is 13.5 Å². The van der Waals surface area contributed by atoms with Crippen LogP contribution in [0, 0.1) is 0 Å². The largest absolute Gasteiger partial charge is 0.392 e. The first-order valence-electron chi connectivity index (χ1n) is 4.67. The number of aliphatic hydroxyl groups is 1. The molecule has 1 N–H and O–H groups in total. The molecule has 0 fully saturated rings. The highest BCUT2D eigenvalue weighted by atomic mass is 31.2. The quantitative estimate of drug-likeness (QED) is 0.782. The van der Waals surface area contributed by atoms with Gasteiger partial charge in [0.1, 0.15) is 0 Å². The van der Waals surface area contributed by atoms with Gasteiger partial charge in [0.25, 0.3) is 0 Å². The van der Waals surface area contributed by atoms with E-state index in [9.17, 15) is 4.57 Å². The second-order valence-electron chi connectivity index (χ2n) is 2.92. The molecule has 0 saturated carbocycles. The number of aliphatic hydroxyl groups excluding tert-OH is 1. The van der Waals surface area contributed by atoms with Gasteiger partial charge in [-0.15, -0.1) is 0 Å². The zero-order valence-electron chi connectivity index (χ0n) is 8.84. The summed E-state index contributed by atoms with van der Waals surface area (Å²) < 4.78 is 22.1. The average Bonchev–Trinajstić information content (AvgIpc) is 2.29. The normalized spacial score (nSPS) is 14.9. The predicted octanol–water partition coefficient (Wildman–Crippen LogP) is 1.68. The smallest absolute Gasteiger partial charge is 0.361 e. The number of hydrogen-bond acceptors (Lipinski definition) is 4. The predicted molar refractivity (Wildman–Crippen MR) is 58.2 cm³/mol. The van der Waals surface area contributed by atoms with Crippen LogP contribution in [0.1, 0.15) is 12.5 Å². The SMILES string of the molecule is CCOP(=O)(OC)c1ccc(CO)cc1. The molecule has 4 nitrogen and oxygen atoms in total. The van der Waals surface area contributed by atoms with Crippen molar-refractivity contribution in [3.8, 4) is 0 Å². The van der Waals surface area contributed by atoms with Crippen LogP contribution in [-0.4, -0.2) is 18.8 Å². The molecule has 1 unspecified atom stereocenters. The third kappa shape index (κ3) is 2.89. The molecule has 0 aliphatic heterocycles. The highest BCUT2D eigenvalue weighted by molar-refractivity contribution is 7.62. The molecule has 0 saturated heterocycles. The first kappa shape index (κ1) is 12.4. The van der Waals surface area contributed by atoms with E-state index in [4.69, 9.17) is 14.2 Å². The monoisotopic (exact) mass is 230 g/mol. The first-order valence-corrected chi connectivity index (χ1v) is 6.21. The molecule has 0 bridgehead atoms. The molecule has 5 heteroatoms. The Balaban J connectivity index is 2.97. The third-order valence-electron chi connectivity index (χ3n) is 1.97. The lowest BCUT2D eigenvalue weighted by atomic mass is 10.2. The molecule has 1 aromatic rings. The Labute approximate surface area is 89.4 Å². The summed E-state index contributed by atoms with van der Waals surface area (Å²) in [6.07, 6.45) is 0. The van der Waals surface area contributed by atoms with Crippen molar-refractivity contribution < 1.29 is 18.7 Å². The van der Waals surface area contributed by atoms with Crippen LogP contribution in [0.15, 0.2) is 24.3 Å². The van der Waals surface area contributed by atoms with Crippen molar-refractivity contribution in [3.63, 3.8) is 0 Å². The van der Waals surface area contributed by atoms with E-state index in [0.717, 1.165) is 5.56 Å². The molecule has 0 radical (unpaired) electrons. The van der Waals surface area contributed by atoms with Crippen LogP contribution in [0.5, 0.6) is 0 Å². The van der Waals surface area contributed by atoms with Crippen LogP contribution >= 0.6 is 7.60 Å². The van der Waals surface area contributed by atoms with E-state index in [-0.39, 0.29) is 6.61 Å². The maximum absolute atomic E-state index is 12.1. The summed E-state index contributed by atoms with van der Waals surface area (Å²) >= 11 is 0. The molecule has 0 spiro atoms. The maximum Gasteiger partial charge on any atom is 0.361 e. The lowest BCUT2D eigenvalue weighted by molar-refractivity contribution is 0.254. The van der Waals surface area contributed by atoms with Crippen molar-refractivity contribution in [3.05, 3.63) is 29.8 Å². The summed E-state index contributed by atoms with van der Waals surface area (Å²) in [5.74, 6) is 0. The molecule has 0 aliphatic carbocycles. The van der Waals surface area contributed by atoms with Crippen molar-refractivity contribution in [2.75, 3.05) is 13.7 Å². The van der Waals surface area contributed by atoms with Gasteiger partial charge in [-0.1, -0.05) is 12.1 Å². The Morgan fingerprint density at radius 2 is 1.93 bits per heavy atom. The molecular formula is C10H15O4P. The topological polar surface area (TPSA) is 55.8 Å². The molecule has 1 atom stereocenters. The molecule has 0 amide bonds. The standard InChI is InChI=1S/C10H15O4P/c1-3-14-15(12,13-2)10-6-4-9(8-11)5-7-10/h4-7,11H,3,8H2,1-2H3. The lowest BCUT2D eigenvalue weighted by Gasteiger charge is -2.15. The molecule has 84 valence electrons. The molecule has 1 aromatic carbocycles. The minimum Gasteiger partial charge on any atom is -0.392 e. The summed E-state index contributed by atoms with van der Waals surface area (Å²) in [4.78, 5) is 0.